The quantitative estimate of drug-likeness (QED) is 0.773. The van der Waals surface area contributed by atoms with Crippen molar-refractivity contribution in [2.24, 2.45) is 5.92 Å². The van der Waals surface area contributed by atoms with Crippen LogP contribution in [0.4, 0.5) is 0 Å². The zero-order valence-electron chi connectivity index (χ0n) is 11.9. The smallest absolute Gasteiger partial charge is 0.241 e. The fourth-order valence-electron chi connectivity index (χ4n) is 2.42. The van der Waals surface area contributed by atoms with E-state index in [0.717, 1.165) is 24.9 Å². The maximum atomic E-state index is 12.4. The van der Waals surface area contributed by atoms with Crippen LogP contribution < -0.4 is 10.0 Å². The molecule has 2 aliphatic carbocycles. The van der Waals surface area contributed by atoms with Gasteiger partial charge in [0.15, 0.2) is 0 Å². The van der Waals surface area contributed by atoms with Crippen molar-refractivity contribution in [3.05, 3.63) is 28.2 Å². The van der Waals surface area contributed by atoms with E-state index < -0.39 is 10.0 Å². The van der Waals surface area contributed by atoms with Crippen molar-refractivity contribution in [2.75, 3.05) is 6.54 Å². The minimum atomic E-state index is -3.43. The van der Waals surface area contributed by atoms with Crippen LogP contribution in [-0.4, -0.2) is 21.0 Å². The summed E-state index contributed by atoms with van der Waals surface area (Å²) < 4.78 is 28.2. The lowest BCUT2D eigenvalue weighted by Crippen LogP contribution is -2.32. The van der Waals surface area contributed by atoms with Gasteiger partial charge in [0.25, 0.3) is 0 Å². The Morgan fingerprint density at radius 3 is 2.57 bits per heavy atom. The average molecular weight is 373 g/mol. The fourth-order valence-corrected chi connectivity index (χ4v) is 4.54. The minimum Gasteiger partial charge on any atom is -0.310 e. The van der Waals surface area contributed by atoms with Crippen molar-refractivity contribution >= 4 is 26.0 Å². The molecule has 0 saturated heterocycles. The van der Waals surface area contributed by atoms with Gasteiger partial charge in [0.05, 0.1) is 4.90 Å². The van der Waals surface area contributed by atoms with E-state index in [0.29, 0.717) is 27.9 Å². The summed E-state index contributed by atoms with van der Waals surface area (Å²) >= 11 is 3.36. The van der Waals surface area contributed by atoms with Gasteiger partial charge in [-0.3, -0.25) is 0 Å². The first kappa shape index (κ1) is 15.5. The van der Waals surface area contributed by atoms with Gasteiger partial charge >= 0.3 is 0 Å². The molecule has 2 saturated carbocycles. The number of hydrogen-bond donors (Lipinski definition) is 2. The molecule has 2 fully saturated rings. The molecule has 116 valence electrons. The minimum absolute atomic E-state index is 0.344. The van der Waals surface area contributed by atoms with E-state index in [2.05, 4.69) is 26.0 Å². The van der Waals surface area contributed by atoms with Gasteiger partial charge in [-0.25, -0.2) is 13.1 Å². The predicted molar refractivity (Wildman–Crippen MR) is 86.5 cm³/mol. The van der Waals surface area contributed by atoms with Crippen LogP contribution in [0, 0.1) is 5.92 Å². The van der Waals surface area contributed by atoms with E-state index in [1.165, 1.54) is 19.3 Å². The summed E-state index contributed by atoms with van der Waals surface area (Å²) in [5, 5.41) is 3.41. The normalized spacial score (nSPS) is 19.5. The molecule has 21 heavy (non-hydrogen) atoms. The second-order valence-corrected chi connectivity index (χ2v) is 8.66. The maximum Gasteiger partial charge on any atom is 0.241 e. The van der Waals surface area contributed by atoms with Gasteiger partial charge < -0.3 is 5.32 Å². The van der Waals surface area contributed by atoms with Crippen molar-refractivity contribution in [2.45, 2.75) is 49.6 Å². The molecule has 0 unspecified atom stereocenters. The summed E-state index contributed by atoms with van der Waals surface area (Å²) in [7, 11) is -3.43. The van der Waals surface area contributed by atoms with E-state index in [1.54, 1.807) is 6.07 Å². The molecule has 0 bridgehead atoms. The van der Waals surface area contributed by atoms with Gasteiger partial charge in [-0.2, -0.15) is 0 Å². The third-order valence-electron chi connectivity index (χ3n) is 4.24. The Hall–Kier alpha value is -0.430. The van der Waals surface area contributed by atoms with Crippen molar-refractivity contribution in [3.8, 4) is 0 Å². The number of rotatable bonds is 7. The van der Waals surface area contributed by atoms with E-state index in [-0.39, 0.29) is 0 Å². The third kappa shape index (κ3) is 4.06. The number of hydrogen-bond acceptors (Lipinski definition) is 3. The van der Waals surface area contributed by atoms with Gasteiger partial charge in [0.2, 0.25) is 10.0 Å². The maximum absolute atomic E-state index is 12.4. The van der Waals surface area contributed by atoms with E-state index in [4.69, 9.17) is 0 Å². The molecule has 1 aromatic carbocycles. The van der Waals surface area contributed by atoms with E-state index in [9.17, 15) is 8.42 Å². The predicted octanol–water partition coefficient (Wildman–Crippen LogP) is 2.78. The summed E-state index contributed by atoms with van der Waals surface area (Å²) in [6.45, 7) is 1.28. The Morgan fingerprint density at radius 2 is 1.95 bits per heavy atom. The van der Waals surface area contributed by atoms with Crippen LogP contribution in [-0.2, 0) is 16.6 Å². The van der Waals surface area contributed by atoms with Crippen LogP contribution in [0.2, 0.25) is 0 Å². The molecule has 0 aromatic heterocycles. The molecule has 0 spiro atoms. The van der Waals surface area contributed by atoms with Gasteiger partial charge in [-0.1, -0.05) is 12.5 Å². The molecule has 0 aliphatic heterocycles. The SMILES string of the molecule is O=S(=O)(NCC1CCC1)c1cc(CNC2CC2)ccc1Br. The first-order chi connectivity index (χ1) is 10.0. The van der Waals surface area contributed by atoms with Crippen LogP contribution in [0.5, 0.6) is 0 Å². The Bertz CT molecular complexity index is 610. The Labute approximate surface area is 134 Å². The summed E-state index contributed by atoms with van der Waals surface area (Å²) in [5.41, 5.74) is 1.01. The van der Waals surface area contributed by atoms with Crippen LogP contribution >= 0.6 is 15.9 Å². The molecule has 1 aromatic rings. The fraction of sp³-hybridized carbons (Fsp3) is 0.600. The highest BCUT2D eigenvalue weighted by Crippen LogP contribution is 2.27. The zero-order valence-corrected chi connectivity index (χ0v) is 14.3. The molecule has 0 heterocycles. The largest absolute Gasteiger partial charge is 0.310 e. The summed E-state index contributed by atoms with van der Waals surface area (Å²) in [6, 6.07) is 6.17. The number of benzene rings is 1. The molecule has 2 aliphatic rings. The second-order valence-electron chi connectivity index (χ2n) is 6.07. The molecule has 0 amide bonds. The molecule has 0 atom stereocenters. The Morgan fingerprint density at radius 1 is 1.19 bits per heavy atom. The van der Waals surface area contributed by atoms with Crippen molar-refractivity contribution in [1.29, 1.82) is 0 Å². The van der Waals surface area contributed by atoms with Crippen molar-refractivity contribution < 1.29 is 8.42 Å². The molecular weight excluding hydrogens is 352 g/mol. The van der Waals surface area contributed by atoms with Crippen LogP contribution in [0.3, 0.4) is 0 Å². The van der Waals surface area contributed by atoms with Gasteiger partial charge in [0, 0.05) is 23.6 Å². The van der Waals surface area contributed by atoms with Crippen LogP contribution in [0.15, 0.2) is 27.6 Å². The second kappa shape index (κ2) is 6.36. The monoisotopic (exact) mass is 372 g/mol. The summed E-state index contributed by atoms with van der Waals surface area (Å²) in [6.07, 6.45) is 5.94. The lowest BCUT2D eigenvalue weighted by molar-refractivity contribution is 0.316. The Balaban J connectivity index is 1.69. The third-order valence-corrected chi connectivity index (χ3v) is 6.66. The van der Waals surface area contributed by atoms with Gasteiger partial charge in [-0.15, -0.1) is 0 Å². The highest BCUT2D eigenvalue weighted by atomic mass is 79.9. The summed E-state index contributed by atoms with van der Waals surface area (Å²) in [4.78, 5) is 0.344. The molecule has 6 heteroatoms. The number of sulfonamides is 1. The molecule has 2 N–H and O–H groups in total. The zero-order chi connectivity index (χ0) is 14.9. The van der Waals surface area contributed by atoms with Crippen molar-refractivity contribution in [1.82, 2.24) is 10.0 Å². The summed E-state index contributed by atoms with van der Waals surface area (Å²) in [5.74, 6) is 0.512. The van der Waals surface area contributed by atoms with Gasteiger partial charge in [0.1, 0.15) is 0 Å². The van der Waals surface area contributed by atoms with Gasteiger partial charge in [-0.05, 0) is 65.2 Å². The lowest BCUT2D eigenvalue weighted by Gasteiger charge is -2.25. The number of nitrogens with one attached hydrogen (secondary N) is 2. The van der Waals surface area contributed by atoms with Crippen LogP contribution in [0.25, 0.3) is 0 Å². The van der Waals surface area contributed by atoms with E-state index in [1.807, 2.05) is 12.1 Å². The highest BCUT2D eigenvalue weighted by Gasteiger charge is 2.24. The topological polar surface area (TPSA) is 58.2 Å². The molecular formula is C15H21BrN2O2S. The lowest BCUT2D eigenvalue weighted by atomic mass is 9.86. The number of halogens is 1. The van der Waals surface area contributed by atoms with Crippen LogP contribution in [0.1, 0.15) is 37.7 Å². The molecule has 0 radical (unpaired) electrons. The first-order valence-electron chi connectivity index (χ1n) is 7.56. The molecule has 4 nitrogen and oxygen atoms in total. The first-order valence-corrected chi connectivity index (χ1v) is 9.84. The van der Waals surface area contributed by atoms with Crippen molar-refractivity contribution in [3.63, 3.8) is 0 Å². The Kier molecular flexibility index (Phi) is 4.69. The standard InChI is InChI=1S/C15H21BrN2O2S/c16-14-7-4-12(9-17-13-5-6-13)8-15(14)21(19,20)18-10-11-2-1-3-11/h4,7-8,11,13,17-18H,1-3,5-6,9-10H2. The molecule has 3 rings (SSSR count). The average Bonchev–Trinajstić information content (AvgIpc) is 3.19. The van der Waals surface area contributed by atoms with E-state index >= 15 is 0 Å². The highest BCUT2D eigenvalue weighted by molar-refractivity contribution is 9.10.